The molecule has 126 valence electrons. The van der Waals surface area contributed by atoms with E-state index >= 15 is 0 Å². The molecule has 0 atom stereocenters. The van der Waals surface area contributed by atoms with Crippen LogP contribution in [-0.4, -0.2) is 42.0 Å². The van der Waals surface area contributed by atoms with Crippen LogP contribution in [0, 0.1) is 5.82 Å². The Balaban J connectivity index is 1.49. The predicted molar refractivity (Wildman–Crippen MR) is 92.8 cm³/mol. The van der Waals surface area contributed by atoms with Crippen molar-refractivity contribution in [3.63, 3.8) is 0 Å². The Hall–Kier alpha value is -1.95. The Morgan fingerprint density at radius 3 is 2.58 bits per heavy atom. The van der Waals surface area contributed by atoms with Gasteiger partial charge in [0.2, 0.25) is 5.91 Å². The van der Waals surface area contributed by atoms with Crippen LogP contribution >= 0.6 is 11.3 Å². The van der Waals surface area contributed by atoms with Gasteiger partial charge in [0, 0.05) is 37.8 Å². The molecule has 2 fully saturated rings. The molecule has 1 saturated carbocycles. The van der Waals surface area contributed by atoms with Gasteiger partial charge in [-0.2, -0.15) is 0 Å². The number of amides is 1. The van der Waals surface area contributed by atoms with Gasteiger partial charge in [0.15, 0.2) is 5.13 Å². The van der Waals surface area contributed by atoms with Gasteiger partial charge in [-0.1, -0.05) is 18.6 Å². The quantitative estimate of drug-likeness (QED) is 0.858. The third-order valence-electron chi connectivity index (χ3n) is 5.25. The van der Waals surface area contributed by atoms with Crippen LogP contribution in [0.3, 0.4) is 0 Å². The fraction of sp³-hybridized carbons (Fsp3) is 0.444. The molecule has 1 saturated heterocycles. The van der Waals surface area contributed by atoms with E-state index in [0.717, 1.165) is 43.0 Å². The summed E-state index contributed by atoms with van der Waals surface area (Å²) in [6.07, 6.45) is 4.48. The lowest BCUT2D eigenvalue weighted by atomic mass is 9.63. The molecule has 0 spiro atoms. The Morgan fingerprint density at radius 2 is 2.00 bits per heavy atom. The van der Waals surface area contributed by atoms with Crippen molar-refractivity contribution in [1.82, 2.24) is 9.88 Å². The van der Waals surface area contributed by atoms with E-state index in [1.807, 2.05) is 22.5 Å². The molecule has 4 rings (SSSR count). The number of hydrogen-bond acceptors (Lipinski definition) is 4. The smallest absolute Gasteiger partial charge is 0.233 e. The van der Waals surface area contributed by atoms with Gasteiger partial charge in [-0.05, 0) is 30.5 Å². The lowest BCUT2D eigenvalue weighted by molar-refractivity contribution is -0.141. The van der Waals surface area contributed by atoms with Crippen LogP contribution in [0.2, 0.25) is 0 Å². The Labute approximate surface area is 144 Å². The number of nitrogens with zero attached hydrogens (tertiary/aromatic N) is 3. The van der Waals surface area contributed by atoms with Gasteiger partial charge in [0.25, 0.3) is 0 Å². The molecule has 0 unspecified atom stereocenters. The van der Waals surface area contributed by atoms with E-state index in [9.17, 15) is 9.18 Å². The van der Waals surface area contributed by atoms with Crippen molar-refractivity contribution in [2.45, 2.75) is 24.7 Å². The van der Waals surface area contributed by atoms with Crippen molar-refractivity contribution >= 4 is 22.4 Å². The Bertz CT molecular complexity index is 722. The van der Waals surface area contributed by atoms with E-state index in [0.29, 0.717) is 13.1 Å². The fourth-order valence-corrected chi connectivity index (χ4v) is 4.41. The highest BCUT2D eigenvalue weighted by Gasteiger charge is 2.48. The second kappa shape index (κ2) is 6.16. The molecule has 2 aliphatic rings. The average molecular weight is 345 g/mol. The molecular weight excluding hydrogens is 325 g/mol. The summed E-state index contributed by atoms with van der Waals surface area (Å²) in [5, 5.41) is 2.99. The molecule has 24 heavy (non-hydrogen) atoms. The van der Waals surface area contributed by atoms with Gasteiger partial charge >= 0.3 is 0 Å². The monoisotopic (exact) mass is 345 g/mol. The first-order valence-electron chi connectivity index (χ1n) is 8.39. The second-order valence-corrected chi connectivity index (χ2v) is 7.41. The number of hydrogen-bond donors (Lipinski definition) is 0. The van der Waals surface area contributed by atoms with Gasteiger partial charge in [0.05, 0.1) is 5.41 Å². The summed E-state index contributed by atoms with van der Waals surface area (Å²) in [5.41, 5.74) is 0.326. The van der Waals surface area contributed by atoms with Crippen LogP contribution in [-0.2, 0) is 10.2 Å². The molecule has 4 nitrogen and oxygen atoms in total. The zero-order valence-corrected chi connectivity index (χ0v) is 14.3. The highest BCUT2D eigenvalue weighted by molar-refractivity contribution is 7.13. The molecule has 1 aliphatic carbocycles. The zero-order valence-electron chi connectivity index (χ0n) is 13.4. The predicted octanol–water partition coefficient (Wildman–Crippen LogP) is 3.05. The van der Waals surface area contributed by atoms with Gasteiger partial charge in [0.1, 0.15) is 5.82 Å². The maximum Gasteiger partial charge on any atom is 0.233 e. The molecule has 0 N–H and O–H groups in total. The first-order chi connectivity index (χ1) is 11.7. The van der Waals surface area contributed by atoms with Crippen molar-refractivity contribution in [2.24, 2.45) is 0 Å². The van der Waals surface area contributed by atoms with E-state index < -0.39 is 5.41 Å². The third-order valence-corrected chi connectivity index (χ3v) is 6.08. The topological polar surface area (TPSA) is 36.4 Å². The summed E-state index contributed by atoms with van der Waals surface area (Å²) in [6, 6.07) is 6.57. The third kappa shape index (κ3) is 2.59. The maximum absolute atomic E-state index is 13.6. The highest BCUT2D eigenvalue weighted by atomic mass is 32.1. The lowest BCUT2D eigenvalue weighted by Crippen LogP contribution is -2.56. The Kier molecular flexibility index (Phi) is 4.00. The molecule has 6 heteroatoms. The van der Waals surface area contributed by atoms with Gasteiger partial charge in [-0.25, -0.2) is 9.37 Å². The molecule has 1 aliphatic heterocycles. The summed E-state index contributed by atoms with van der Waals surface area (Å²) in [7, 11) is 0. The maximum atomic E-state index is 13.6. The summed E-state index contributed by atoms with van der Waals surface area (Å²) in [4.78, 5) is 21.7. The molecule has 2 aromatic rings. The summed E-state index contributed by atoms with van der Waals surface area (Å²) >= 11 is 1.63. The van der Waals surface area contributed by atoms with Crippen molar-refractivity contribution in [3.8, 4) is 0 Å². The van der Waals surface area contributed by atoms with Crippen LogP contribution in [0.15, 0.2) is 35.8 Å². The first kappa shape index (κ1) is 15.6. The van der Waals surface area contributed by atoms with Crippen LogP contribution in [0.5, 0.6) is 0 Å². The molecule has 0 bridgehead atoms. The minimum atomic E-state index is -0.508. The normalized spacial score (nSPS) is 19.9. The van der Waals surface area contributed by atoms with E-state index in [1.165, 1.54) is 12.1 Å². The van der Waals surface area contributed by atoms with Crippen molar-refractivity contribution in [2.75, 3.05) is 31.1 Å². The molecule has 1 aromatic carbocycles. The summed E-state index contributed by atoms with van der Waals surface area (Å²) < 4.78 is 13.6. The highest BCUT2D eigenvalue weighted by Crippen LogP contribution is 2.45. The number of aromatic nitrogens is 1. The number of piperazine rings is 1. The number of carbonyl (C=O) groups is 1. The van der Waals surface area contributed by atoms with Crippen LogP contribution in [0.4, 0.5) is 9.52 Å². The lowest BCUT2D eigenvalue weighted by Gasteiger charge is -2.46. The zero-order chi connectivity index (χ0) is 16.6. The van der Waals surface area contributed by atoms with Crippen LogP contribution in [0.25, 0.3) is 0 Å². The first-order valence-corrected chi connectivity index (χ1v) is 9.27. The number of benzene rings is 1. The molecular formula is C18H20FN3OS. The van der Waals surface area contributed by atoms with E-state index in [2.05, 4.69) is 9.88 Å². The fourth-order valence-electron chi connectivity index (χ4n) is 3.72. The van der Waals surface area contributed by atoms with Gasteiger partial charge in [-0.15, -0.1) is 11.3 Å². The average Bonchev–Trinajstić information content (AvgIpc) is 3.08. The van der Waals surface area contributed by atoms with Crippen LogP contribution < -0.4 is 4.90 Å². The van der Waals surface area contributed by atoms with Crippen molar-refractivity contribution in [3.05, 3.63) is 47.2 Å². The number of anilines is 1. The van der Waals surface area contributed by atoms with Gasteiger partial charge in [-0.3, -0.25) is 4.79 Å². The standard InChI is InChI=1S/C18H20FN3OS/c19-15-4-1-3-14(13-15)18(5-2-6-18)16(23)21-8-10-22(11-9-21)17-20-7-12-24-17/h1,3-4,7,12-13H,2,5-6,8-11H2. The van der Waals surface area contributed by atoms with E-state index in [-0.39, 0.29) is 11.7 Å². The minimum absolute atomic E-state index is 0.165. The summed E-state index contributed by atoms with van der Waals surface area (Å²) in [5.74, 6) is -0.0988. The summed E-state index contributed by atoms with van der Waals surface area (Å²) in [6.45, 7) is 3.02. The minimum Gasteiger partial charge on any atom is -0.345 e. The van der Waals surface area contributed by atoms with Crippen molar-refractivity contribution < 1.29 is 9.18 Å². The number of rotatable bonds is 3. The van der Waals surface area contributed by atoms with Gasteiger partial charge < -0.3 is 9.80 Å². The van der Waals surface area contributed by atoms with E-state index in [1.54, 1.807) is 17.4 Å². The molecule has 2 heterocycles. The molecule has 0 radical (unpaired) electrons. The largest absolute Gasteiger partial charge is 0.345 e. The number of thiazole rings is 1. The van der Waals surface area contributed by atoms with E-state index in [4.69, 9.17) is 0 Å². The molecule has 1 amide bonds. The SMILES string of the molecule is O=C(N1CCN(c2nccs2)CC1)C1(c2cccc(F)c2)CCC1. The Morgan fingerprint density at radius 1 is 1.21 bits per heavy atom. The number of halogens is 1. The second-order valence-electron chi connectivity index (χ2n) is 6.54. The number of carbonyl (C=O) groups excluding carboxylic acids is 1. The van der Waals surface area contributed by atoms with Crippen molar-refractivity contribution in [1.29, 1.82) is 0 Å². The molecule has 1 aromatic heterocycles. The van der Waals surface area contributed by atoms with Crippen LogP contribution in [0.1, 0.15) is 24.8 Å².